The zero-order valence-electron chi connectivity index (χ0n) is 12.9. The maximum atomic E-state index is 2.50. The number of hydrogen-bond donors (Lipinski definition) is 0. The van der Waals surface area contributed by atoms with Crippen LogP contribution in [0.3, 0.4) is 0 Å². The van der Waals surface area contributed by atoms with E-state index in [0.717, 1.165) is 11.8 Å². The average molecular weight is 260 g/mol. The van der Waals surface area contributed by atoms with E-state index in [2.05, 4.69) is 25.2 Å². The van der Waals surface area contributed by atoms with Gasteiger partial charge in [-0.1, -0.05) is 69.2 Å². The molecule has 0 nitrogen and oxygen atoms in total. The summed E-state index contributed by atoms with van der Waals surface area (Å²) in [7, 11) is 0. The molecule has 0 saturated heterocycles. The summed E-state index contributed by atoms with van der Waals surface area (Å²) in [4.78, 5) is 0. The lowest BCUT2D eigenvalue weighted by Gasteiger charge is -2.17. The summed E-state index contributed by atoms with van der Waals surface area (Å²) in [6.45, 7) is 2.32. The van der Waals surface area contributed by atoms with Crippen LogP contribution < -0.4 is 0 Å². The molecule has 0 heterocycles. The second-order valence-electron chi connectivity index (χ2n) is 6.55. The molecule has 2 rings (SSSR count). The van der Waals surface area contributed by atoms with Crippen LogP contribution in [-0.2, 0) is 0 Å². The van der Waals surface area contributed by atoms with E-state index >= 15 is 0 Å². The van der Waals surface area contributed by atoms with Crippen molar-refractivity contribution in [2.24, 2.45) is 11.8 Å². The molecule has 0 aromatic heterocycles. The first-order chi connectivity index (χ1) is 9.42. The molecule has 2 unspecified atom stereocenters. The Kier molecular flexibility index (Phi) is 6.74. The second kappa shape index (κ2) is 8.61. The molecule has 0 N–H and O–H groups in total. The van der Waals surface area contributed by atoms with E-state index in [0.29, 0.717) is 0 Å². The third kappa shape index (κ3) is 4.82. The monoisotopic (exact) mass is 260 g/mol. The molecule has 0 radical (unpaired) electrons. The molecule has 0 aliphatic heterocycles. The smallest absolute Gasteiger partial charge is 0.0197 e. The number of rotatable bonds is 3. The summed E-state index contributed by atoms with van der Waals surface area (Å²) in [5, 5.41) is 0. The highest BCUT2D eigenvalue weighted by molar-refractivity contribution is 5.21. The Hall–Kier alpha value is -0.520. The van der Waals surface area contributed by atoms with Gasteiger partial charge in [-0.3, -0.25) is 0 Å². The van der Waals surface area contributed by atoms with Crippen LogP contribution in [0.1, 0.15) is 84.0 Å². The van der Waals surface area contributed by atoms with Crippen LogP contribution in [-0.4, -0.2) is 0 Å². The minimum atomic E-state index is 0.914. The quantitative estimate of drug-likeness (QED) is 0.548. The number of hydrogen-bond acceptors (Lipinski definition) is 0. The van der Waals surface area contributed by atoms with Crippen molar-refractivity contribution in [1.29, 1.82) is 0 Å². The molecule has 0 aromatic carbocycles. The Labute approximate surface area is 120 Å². The highest BCUT2D eigenvalue weighted by atomic mass is 14.3. The lowest BCUT2D eigenvalue weighted by atomic mass is 9.89. The van der Waals surface area contributed by atoms with Crippen molar-refractivity contribution in [3.05, 3.63) is 23.8 Å². The molecule has 0 spiro atoms. The standard InChI is InChI=1S/C19H32/c1-2-3-12-17-15-16-18-13-10-8-6-4-5-7-9-11-14-19(17)18/h9,11,14,17-18H,2-8,10,12-13,15-16H2,1H3. The van der Waals surface area contributed by atoms with Gasteiger partial charge >= 0.3 is 0 Å². The van der Waals surface area contributed by atoms with Crippen molar-refractivity contribution in [3.8, 4) is 0 Å². The van der Waals surface area contributed by atoms with Gasteiger partial charge in [-0.05, 0) is 50.4 Å². The Morgan fingerprint density at radius 2 is 1.84 bits per heavy atom. The SMILES string of the molecule is CCCCC1CCC2CCCCCCCC=CC=C12. The fourth-order valence-electron chi connectivity index (χ4n) is 3.87. The van der Waals surface area contributed by atoms with Crippen LogP contribution in [0.25, 0.3) is 0 Å². The Bertz CT molecular complexity index is 297. The van der Waals surface area contributed by atoms with Crippen LogP contribution in [0.4, 0.5) is 0 Å². The highest BCUT2D eigenvalue weighted by Crippen LogP contribution is 2.42. The molecule has 2 atom stereocenters. The summed E-state index contributed by atoms with van der Waals surface area (Å²) in [5.41, 5.74) is 1.81. The molecule has 0 heteroatoms. The van der Waals surface area contributed by atoms with Gasteiger partial charge in [-0.15, -0.1) is 0 Å². The molecule has 0 bridgehead atoms. The normalized spacial score (nSPS) is 29.2. The van der Waals surface area contributed by atoms with Gasteiger partial charge in [-0.25, -0.2) is 0 Å². The molecular weight excluding hydrogens is 228 g/mol. The molecule has 108 valence electrons. The summed E-state index contributed by atoms with van der Waals surface area (Å²) >= 11 is 0. The molecule has 1 saturated carbocycles. The van der Waals surface area contributed by atoms with E-state index in [9.17, 15) is 0 Å². The number of allylic oxidation sites excluding steroid dienone is 4. The van der Waals surface area contributed by atoms with Gasteiger partial charge in [0.2, 0.25) is 0 Å². The largest absolute Gasteiger partial charge is 0.0845 e. The lowest BCUT2D eigenvalue weighted by molar-refractivity contribution is 0.508. The summed E-state index contributed by atoms with van der Waals surface area (Å²) in [5.74, 6) is 1.84. The molecular formula is C19H32. The van der Waals surface area contributed by atoms with Crippen molar-refractivity contribution < 1.29 is 0 Å². The first-order valence-electron chi connectivity index (χ1n) is 8.78. The van der Waals surface area contributed by atoms with Gasteiger partial charge in [0.1, 0.15) is 0 Å². The fraction of sp³-hybridized carbons (Fsp3) is 0.789. The number of fused-ring (bicyclic) bond motifs is 1. The van der Waals surface area contributed by atoms with Gasteiger partial charge in [0.05, 0.1) is 0 Å². The van der Waals surface area contributed by atoms with Crippen LogP contribution in [0.2, 0.25) is 0 Å². The minimum absolute atomic E-state index is 0.914. The predicted molar refractivity (Wildman–Crippen MR) is 85.3 cm³/mol. The van der Waals surface area contributed by atoms with Crippen molar-refractivity contribution >= 4 is 0 Å². The van der Waals surface area contributed by atoms with Gasteiger partial charge in [0.15, 0.2) is 0 Å². The Morgan fingerprint density at radius 3 is 2.74 bits per heavy atom. The van der Waals surface area contributed by atoms with Gasteiger partial charge in [0.25, 0.3) is 0 Å². The van der Waals surface area contributed by atoms with Crippen LogP contribution in [0.5, 0.6) is 0 Å². The van der Waals surface area contributed by atoms with E-state index in [-0.39, 0.29) is 0 Å². The van der Waals surface area contributed by atoms with E-state index in [1.165, 1.54) is 77.0 Å². The van der Waals surface area contributed by atoms with E-state index in [1.807, 2.05) is 5.57 Å². The zero-order chi connectivity index (χ0) is 13.3. The summed E-state index contributed by atoms with van der Waals surface area (Å²) < 4.78 is 0. The van der Waals surface area contributed by atoms with E-state index in [1.54, 1.807) is 0 Å². The number of unbranched alkanes of at least 4 members (excludes halogenated alkanes) is 1. The Morgan fingerprint density at radius 1 is 1.00 bits per heavy atom. The summed E-state index contributed by atoms with van der Waals surface area (Å²) in [6.07, 6.45) is 24.4. The topological polar surface area (TPSA) is 0 Å². The van der Waals surface area contributed by atoms with Crippen LogP contribution in [0.15, 0.2) is 23.8 Å². The van der Waals surface area contributed by atoms with E-state index in [4.69, 9.17) is 0 Å². The fourth-order valence-corrected chi connectivity index (χ4v) is 3.87. The van der Waals surface area contributed by atoms with Crippen molar-refractivity contribution in [2.75, 3.05) is 0 Å². The minimum Gasteiger partial charge on any atom is -0.0845 e. The van der Waals surface area contributed by atoms with Gasteiger partial charge < -0.3 is 0 Å². The molecule has 19 heavy (non-hydrogen) atoms. The van der Waals surface area contributed by atoms with Crippen LogP contribution >= 0.6 is 0 Å². The lowest BCUT2D eigenvalue weighted by Crippen LogP contribution is -2.03. The van der Waals surface area contributed by atoms with E-state index < -0.39 is 0 Å². The molecule has 0 amide bonds. The van der Waals surface area contributed by atoms with Crippen molar-refractivity contribution in [3.63, 3.8) is 0 Å². The molecule has 2 aliphatic carbocycles. The molecule has 0 aromatic rings. The zero-order valence-corrected chi connectivity index (χ0v) is 12.9. The van der Waals surface area contributed by atoms with Gasteiger partial charge in [-0.2, -0.15) is 0 Å². The second-order valence-corrected chi connectivity index (χ2v) is 6.55. The summed E-state index contributed by atoms with van der Waals surface area (Å²) in [6, 6.07) is 0. The maximum absolute atomic E-state index is 2.50. The third-order valence-corrected chi connectivity index (χ3v) is 5.06. The molecule has 2 aliphatic rings. The first-order valence-corrected chi connectivity index (χ1v) is 8.78. The van der Waals surface area contributed by atoms with Crippen molar-refractivity contribution in [2.45, 2.75) is 84.0 Å². The average Bonchev–Trinajstić information content (AvgIpc) is 2.78. The maximum Gasteiger partial charge on any atom is -0.0197 e. The highest BCUT2D eigenvalue weighted by Gasteiger charge is 2.28. The third-order valence-electron chi connectivity index (χ3n) is 5.06. The van der Waals surface area contributed by atoms with Crippen LogP contribution in [0, 0.1) is 11.8 Å². The van der Waals surface area contributed by atoms with Gasteiger partial charge in [0, 0.05) is 0 Å². The molecule has 1 fully saturated rings. The first kappa shape index (κ1) is 14.9. The van der Waals surface area contributed by atoms with Crippen molar-refractivity contribution in [1.82, 2.24) is 0 Å². The Balaban J connectivity index is 2.00. The predicted octanol–water partition coefficient (Wildman–Crippen LogP) is 6.43.